The minimum atomic E-state index is -0.0708. The number of carbonyl (C=O) groups excluding carboxylic acids is 1. The van der Waals surface area contributed by atoms with Gasteiger partial charge in [-0.2, -0.15) is 0 Å². The van der Waals surface area contributed by atoms with Gasteiger partial charge < -0.3 is 16.0 Å². The summed E-state index contributed by atoms with van der Waals surface area (Å²) in [5.41, 5.74) is 8.71. The summed E-state index contributed by atoms with van der Waals surface area (Å²) >= 11 is 0. The number of nitrogen functional groups attached to an aromatic ring is 1. The second-order valence-corrected chi connectivity index (χ2v) is 4.48. The zero-order chi connectivity index (χ0) is 15.1. The molecule has 0 radical (unpaired) electrons. The maximum atomic E-state index is 11.8. The number of hydrogen-bond acceptors (Lipinski definition) is 3. The summed E-state index contributed by atoms with van der Waals surface area (Å²) in [5, 5.41) is 3.20. The topological polar surface area (TPSA) is 58.4 Å². The third-order valence-corrected chi connectivity index (χ3v) is 2.63. The summed E-state index contributed by atoms with van der Waals surface area (Å²) < 4.78 is 0. The van der Waals surface area contributed by atoms with Gasteiger partial charge in [0.15, 0.2) is 0 Å². The number of benzene rings is 1. The van der Waals surface area contributed by atoms with Crippen LogP contribution in [0.2, 0.25) is 0 Å². The highest BCUT2D eigenvalue weighted by molar-refractivity contribution is 5.95. The average Bonchev–Trinajstić information content (AvgIpc) is 2.40. The molecule has 4 nitrogen and oxygen atoms in total. The van der Waals surface area contributed by atoms with Gasteiger partial charge in [-0.15, -0.1) is 0 Å². The molecule has 0 aliphatic rings. The first-order chi connectivity index (χ1) is 9.49. The van der Waals surface area contributed by atoms with Crippen molar-refractivity contribution in [3.63, 3.8) is 0 Å². The van der Waals surface area contributed by atoms with Gasteiger partial charge >= 0.3 is 0 Å². The molecule has 3 N–H and O–H groups in total. The minimum absolute atomic E-state index is 0.0708. The summed E-state index contributed by atoms with van der Waals surface area (Å²) in [5.74, 6) is -0.0708. The van der Waals surface area contributed by atoms with Gasteiger partial charge in [-0.05, 0) is 37.3 Å². The van der Waals surface area contributed by atoms with Crippen molar-refractivity contribution in [1.82, 2.24) is 4.90 Å². The average molecular weight is 271 g/mol. The van der Waals surface area contributed by atoms with Crippen molar-refractivity contribution in [2.75, 3.05) is 25.1 Å². The largest absolute Gasteiger partial charge is 0.397 e. The van der Waals surface area contributed by atoms with Crippen molar-refractivity contribution in [2.24, 2.45) is 0 Å². The van der Waals surface area contributed by atoms with Crippen LogP contribution in [-0.4, -0.2) is 24.9 Å². The highest BCUT2D eigenvalue weighted by Gasteiger charge is 2.10. The third-order valence-electron chi connectivity index (χ3n) is 2.63. The Hall–Kier alpha value is -2.49. The summed E-state index contributed by atoms with van der Waals surface area (Å²) in [4.78, 5) is 13.4. The van der Waals surface area contributed by atoms with E-state index < -0.39 is 0 Å². The Bertz CT molecular complexity index is 557. The van der Waals surface area contributed by atoms with Gasteiger partial charge in [0.05, 0.1) is 11.4 Å². The SMILES string of the molecule is C=C/C=C(\C=C/C)Nc1ccc(C(=O)N(C)C)cc1N. The van der Waals surface area contributed by atoms with Crippen LogP contribution in [0.1, 0.15) is 17.3 Å². The number of rotatable bonds is 5. The zero-order valence-corrected chi connectivity index (χ0v) is 12.2. The van der Waals surface area contributed by atoms with E-state index in [-0.39, 0.29) is 5.91 Å². The third kappa shape index (κ3) is 4.02. The number of nitrogens with one attached hydrogen (secondary N) is 1. The molecule has 0 aliphatic heterocycles. The second-order valence-electron chi connectivity index (χ2n) is 4.48. The standard InChI is InChI=1S/C16H21N3O/c1-5-7-13(8-6-2)18-15-10-9-12(11-14(15)17)16(20)19(3)4/h5-11,18H,1,17H2,2-4H3/b8-6-,13-7+. The first-order valence-corrected chi connectivity index (χ1v) is 6.33. The van der Waals surface area contributed by atoms with Crippen LogP contribution in [-0.2, 0) is 0 Å². The van der Waals surface area contributed by atoms with Gasteiger partial charge in [-0.25, -0.2) is 0 Å². The van der Waals surface area contributed by atoms with Crippen LogP contribution in [0.15, 0.2) is 54.8 Å². The number of carbonyl (C=O) groups is 1. The molecule has 1 aromatic carbocycles. The van der Waals surface area contributed by atoms with Crippen LogP contribution in [0.5, 0.6) is 0 Å². The molecular weight excluding hydrogens is 250 g/mol. The van der Waals surface area contributed by atoms with Gasteiger partial charge in [-0.1, -0.05) is 18.7 Å². The molecule has 106 valence electrons. The van der Waals surface area contributed by atoms with Crippen molar-refractivity contribution >= 4 is 17.3 Å². The predicted octanol–water partition coefficient (Wildman–Crippen LogP) is 3.03. The second kappa shape index (κ2) is 7.19. The van der Waals surface area contributed by atoms with E-state index in [9.17, 15) is 4.79 Å². The summed E-state index contributed by atoms with van der Waals surface area (Å²) in [6.07, 6.45) is 7.38. The highest BCUT2D eigenvalue weighted by Crippen LogP contribution is 2.22. The van der Waals surface area contributed by atoms with Crippen LogP contribution in [0, 0.1) is 0 Å². The van der Waals surface area contributed by atoms with E-state index in [4.69, 9.17) is 5.73 Å². The molecule has 0 saturated carbocycles. The van der Waals surface area contributed by atoms with Crippen molar-refractivity contribution in [1.29, 1.82) is 0 Å². The molecule has 0 bridgehead atoms. The summed E-state index contributed by atoms with van der Waals surface area (Å²) in [6.45, 7) is 5.60. The van der Waals surface area contributed by atoms with E-state index in [0.29, 0.717) is 11.3 Å². The molecule has 0 heterocycles. The molecule has 1 amide bonds. The van der Waals surface area contributed by atoms with E-state index in [1.165, 1.54) is 4.90 Å². The molecule has 0 aliphatic carbocycles. The Labute approximate surface area is 120 Å². The summed E-state index contributed by atoms with van der Waals surface area (Å²) in [7, 11) is 3.42. The maximum Gasteiger partial charge on any atom is 0.253 e. The fourth-order valence-corrected chi connectivity index (χ4v) is 1.67. The normalized spacial score (nSPS) is 11.4. The Morgan fingerprint density at radius 3 is 2.60 bits per heavy atom. The van der Waals surface area contributed by atoms with Crippen molar-refractivity contribution in [3.05, 3.63) is 60.3 Å². The Morgan fingerprint density at radius 2 is 2.10 bits per heavy atom. The van der Waals surface area contributed by atoms with Crippen LogP contribution in [0.4, 0.5) is 11.4 Å². The van der Waals surface area contributed by atoms with Crippen molar-refractivity contribution < 1.29 is 4.79 Å². The van der Waals surface area contributed by atoms with E-state index in [2.05, 4.69) is 11.9 Å². The molecule has 0 atom stereocenters. The lowest BCUT2D eigenvalue weighted by atomic mass is 10.1. The highest BCUT2D eigenvalue weighted by atomic mass is 16.2. The molecule has 0 fully saturated rings. The lowest BCUT2D eigenvalue weighted by Crippen LogP contribution is -2.21. The number of nitrogens with two attached hydrogens (primary N) is 1. The molecule has 0 saturated heterocycles. The van der Waals surface area contributed by atoms with E-state index >= 15 is 0 Å². The Kier molecular flexibility index (Phi) is 5.59. The van der Waals surface area contributed by atoms with Crippen molar-refractivity contribution in [2.45, 2.75) is 6.92 Å². The number of amides is 1. The number of allylic oxidation sites excluding steroid dienone is 4. The molecule has 0 unspecified atom stereocenters. The van der Waals surface area contributed by atoms with Gasteiger partial charge in [0.25, 0.3) is 5.91 Å². The summed E-state index contributed by atoms with van der Waals surface area (Å²) in [6, 6.07) is 5.22. The zero-order valence-electron chi connectivity index (χ0n) is 12.2. The van der Waals surface area contributed by atoms with Crippen LogP contribution in [0.3, 0.4) is 0 Å². The smallest absolute Gasteiger partial charge is 0.253 e. The fraction of sp³-hybridized carbons (Fsp3) is 0.188. The Morgan fingerprint density at radius 1 is 1.40 bits per heavy atom. The quantitative estimate of drug-likeness (QED) is 0.639. The molecule has 0 aromatic heterocycles. The number of hydrogen-bond donors (Lipinski definition) is 2. The van der Waals surface area contributed by atoms with Gasteiger partial charge in [-0.3, -0.25) is 4.79 Å². The molecule has 1 rings (SSSR count). The fourth-order valence-electron chi connectivity index (χ4n) is 1.67. The molecule has 20 heavy (non-hydrogen) atoms. The van der Waals surface area contributed by atoms with E-state index in [0.717, 1.165) is 11.4 Å². The lowest BCUT2D eigenvalue weighted by molar-refractivity contribution is 0.0827. The van der Waals surface area contributed by atoms with E-state index in [1.807, 2.05) is 25.2 Å². The molecule has 4 heteroatoms. The molecule has 1 aromatic rings. The molecule has 0 spiro atoms. The maximum absolute atomic E-state index is 11.8. The minimum Gasteiger partial charge on any atom is -0.397 e. The van der Waals surface area contributed by atoms with E-state index in [1.54, 1.807) is 38.4 Å². The lowest BCUT2D eigenvalue weighted by Gasteiger charge is -2.14. The monoisotopic (exact) mass is 271 g/mol. The molecular formula is C16H21N3O. The van der Waals surface area contributed by atoms with Gasteiger partial charge in [0, 0.05) is 25.4 Å². The number of anilines is 2. The van der Waals surface area contributed by atoms with Crippen LogP contribution < -0.4 is 11.1 Å². The van der Waals surface area contributed by atoms with Crippen LogP contribution in [0.25, 0.3) is 0 Å². The van der Waals surface area contributed by atoms with Crippen LogP contribution >= 0.6 is 0 Å². The number of nitrogens with zero attached hydrogens (tertiary/aromatic N) is 1. The Balaban J connectivity index is 3.02. The first-order valence-electron chi connectivity index (χ1n) is 6.33. The van der Waals surface area contributed by atoms with Crippen molar-refractivity contribution in [3.8, 4) is 0 Å². The predicted molar refractivity (Wildman–Crippen MR) is 85.6 cm³/mol. The van der Waals surface area contributed by atoms with Gasteiger partial charge in [0.1, 0.15) is 0 Å². The first kappa shape index (κ1) is 15.6. The van der Waals surface area contributed by atoms with Gasteiger partial charge in [0.2, 0.25) is 0 Å².